The predicted octanol–water partition coefficient (Wildman–Crippen LogP) is 2.27. The molecule has 3 heteroatoms. The molecule has 2 N–H and O–H groups in total. The standard InChI is InChI=1S/C17H29N3/c1-4-15-5-7-16(8-6-15)17(13-18)20-11-9-19(10-12-20)14(2)3/h5-8,14,17H,4,9-13,18H2,1-3H3. The van der Waals surface area contributed by atoms with Gasteiger partial charge in [-0.05, 0) is 31.4 Å². The molecule has 0 aliphatic carbocycles. The van der Waals surface area contributed by atoms with E-state index in [9.17, 15) is 0 Å². The zero-order valence-electron chi connectivity index (χ0n) is 13.2. The topological polar surface area (TPSA) is 32.5 Å². The summed E-state index contributed by atoms with van der Waals surface area (Å²) in [6.45, 7) is 12.0. The van der Waals surface area contributed by atoms with E-state index in [4.69, 9.17) is 5.73 Å². The van der Waals surface area contributed by atoms with E-state index in [0.717, 1.165) is 32.6 Å². The van der Waals surface area contributed by atoms with Gasteiger partial charge in [0, 0.05) is 44.8 Å². The molecule has 0 aromatic heterocycles. The molecule has 1 heterocycles. The van der Waals surface area contributed by atoms with Crippen molar-refractivity contribution in [1.29, 1.82) is 0 Å². The van der Waals surface area contributed by atoms with Crippen molar-refractivity contribution < 1.29 is 0 Å². The Hall–Kier alpha value is -0.900. The third kappa shape index (κ3) is 3.60. The second-order valence-corrected chi connectivity index (χ2v) is 6.01. The van der Waals surface area contributed by atoms with Gasteiger partial charge >= 0.3 is 0 Å². The van der Waals surface area contributed by atoms with Crippen LogP contribution in [0.1, 0.15) is 37.9 Å². The van der Waals surface area contributed by atoms with Crippen molar-refractivity contribution in [2.45, 2.75) is 39.3 Å². The molecule has 1 atom stereocenters. The molecule has 1 aliphatic heterocycles. The number of hydrogen-bond acceptors (Lipinski definition) is 3. The SMILES string of the molecule is CCc1ccc(C(CN)N2CCN(C(C)C)CC2)cc1. The molecule has 112 valence electrons. The zero-order valence-corrected chi connectivity index (χ0v) is 13.2. The van der Waals surface area contributed by atoms with Gasteiger partial charge < -0.3 is 5.73 Å². The van der Waals surface area contributed by atoms with E-state index < -0.39 is 0 Å². The third-order valence-corrected chi connectivity index (χ3v) is 4.52. The van der Waals surface area contributed by atoms with Crippen LogP contribution in [-0.4, -0.2) is 48.6 Å². The number of hydrogen-bond donors (Lipinski definition) is 1. The minimum atomic E-state index is 0.371. The Morgan fingerprint density at radius 3 is 2.00 bits per heavy atom. The van der Waals surface area contributed by atoms with Crippen LogP contribution in [0.25, 0.3) is 0 Å². The highest BCUT2D eigenvalue weighted by atomic mass is 15.3. The van der Waals surface area contributed by atoms with Gasteiger partial charge in [0.2, 0.25) is 0 Å². The summed E-state index contributed by atoms with van der Waals surface area (Å²) in [6, 6.07) is 10.0. The number of piperazine rings is 1. The molecule has 0 spiro atoms. The lowest BCUT2D eigenvalue weighted by Gasteiger charge is -2.40. The van der Waals surface area contributed by atoms with Gasteiger partial charge in [-0.3, -0.25) is 9.80 Å². The predicted molar refractivity (Wildman–Crippen MR) is 85.9 cm³/mol. The molecule has 1 fully saturated rings. The summed E-state index contributed by atoms with van der Waals surface area (Å²) in [5.41, 5.74) is 8.81. The summed E-state index contributed by atoms with van der Waals surface area (Å²) in [4.78, 5) is 5.09. The van der Waals surface area contributed by atoms with Crippen LogP contribution in [0.3, 0.4) is 0 Å². The Bertz CT molecular complexity index is 391. The number of aryl methyl sites for hydroxylation is 1. The number of benzene rings is 1. The molecular weight excluding hydrogens is 246 g/mol. The number of nitrogens with two attached hydrogens (primary N) is 1. The second-order valence-electron chi connectivity index (χ2n) is 6.01. The van der Waals surface area contributed by atoms with Crippen LogP contribution in [0.15, 0.2) is 24.3 Å². The van der Waals surface area contributed by atoms with E-state index >= 15 is 0 Å². The second kappa shape index (κ2) is 7.21. The Kier molecular flexibility index (Phi) is 5.58. The molecule has 1 aromatic carbocycles. The van der Waals surface area contributed by atoms with E-state index in [0.29, 0.717) is 18.6 Å². The van der Waals surface area contributed by atoms with Crippen molar-refractivity contribution in [1.82, 2.24) is 9.80 Å². The smallest absolute Gasteiger partial charge is 0.0471 e. The summed E-state index contributed by atoms with van der Waals surface area (Å²) in [6.07, 6.45) is 1.10. The first kappa shape index (κ1) is 15.5. The van der Waals surface area contributed by atoms with Crippen molar-refractivity contribution in [3.63, 3.8) is 0 Å². The minimum absolute atomic E-state index is 0.371. The molecule has 0 saturated carbocycles. The first-order valence-corrected chi connectivity index (χ1v) is 7.92. The van der Waals surface area contributed by atoms with Crippen LogP contribution in [0, 0.1) is 0 Å². The van der Waals surface area contributed by atoms with Crippen LogP contribution >= 0.6 is 0 Å². The molecule has 1 unspecified atom stereocenters. The Balaban J connectivity index is 2.01. The van der Waals surface area contributed by atoms with Gasteiger partial charge in [-0.25, -0.2) is 0 Å². The largest absolute Gasteiger partial charge is 0.329 e. The highest BCUT2D eigenvalue weighted by molar-refractivity contribution is 5.25. The summed E-state index contributed by atoms with van der Waals surface area (Å²) >= 11 is 0. The maximum absolute atomic E-state index is 6.05. The van der Waals surface area contributed by atoms with Gasteiger partial charge in [-0.2, -0.15) is 0 Å². The average Bonchev–Trinajstić information content (AvgIpc) is 2.49. The van der Waals surface area contributed by atoms with Crippen molar-refractivity contribution in [3.05, 3.63) is 35.4 Å². The fraction of sp³-hybridized carbons (Fsp3) is 0.647. The highest BCUT2D eigenvalue weighted by Gasteiger charge is 2.24. The van der Waals surface area contributed by atoms with Crippen LogP contribution in [-0.2, 0) is 6.42 Å². The van der Waals surface area contributed by atoms with Gasteiger partial charge in [-0.15, -0.1) is 0 Å². The van der Waals surface area contributed by atoms with E-state index in [2.05, 4.69) is 54.8 Å². The summed E-state index contributed by atoms with van der Waals surface area (Å²) < 4.78 is 0. The van der Waals surface area contributed by atoms with Gasteiger partial charge in [0.15, 0.2) is 0 Å². The van der Waals surface area contributed by atoms with E-state index in [1.165, 1.54) is 11.1 Å². The van der Waals surface area contributed by atoms with Crippen molar-refractivity contribution in [2.75, 3.05) is 32.7 Å². The summed E-state index contributed by atoms with van der Waals surface area (Å²) in [5, 5.41) is 0. The quantitative estimate of drug-likeness (QED) is 0.895. The maximum Gasteiger partial charge on any atom is 0.0471 e. The number of nitrogens with zero attached hydrogens (tertiary/aromatic N) is 2. The average molecular weight is 275 g/mol. The first-order valence-electron chi connectivity index (χ1n) is 7.92. The highest BCUT2D eigenvalue weighted by Crippen LogP contribution is 2.22. The minimum Gasteiger partial charge on any atom is -0.329 e. The molecule has 0 bridgehead atoms. The Morgan fingerprint density at radius 2 is 1.55 bits per heavy atom. The summed E-state index contributed by atoms with van der Waals surface area (Å²) in [7, 11) is 0. The van der Waals surface area contributed by atoms with Crippen LogP contribution in [0.4, 0.5) is 0 Å². The van der Waals surface area contributed by atoms with Gasteiger partial charge in [0.25, 0.3) is 0 Å². The van der Waals surface area contributed by atoms with Crippen molar-refractivity contribution in [2.24, 2.45) is 5.73 Å². The lowest BCUT2D eigenvalue weighted by molar-refractivity contribution is 0.0802. The van der Waals surface area contributed by atoms with E-state index in [-0.39, 0.29) is 0 Å². The fourth-order valence-corrected chi connectivity index (χ4v) is 3.04. The Labute approximate surface area is 123 Å². The molecule has 20 heavy (non-hydrogen) atoms. The fourth-order valence-electron chi connectivity index (χ4n) is 3.04. The third-order valence-electron chi connectivity index (χ3n) is 4.52. The Morgan fingerprint density at radius 1 is 1.00 bits per heavy atom. The van der Waals surface area contributed by atoms with Gasteiger partial charge in [-0.1, -0.05) is 31.2 Å². The van der Waals surface area contributed by atoms with Gasteiger partial charge in [0.1, 0.15) is 0 Å². The molecule has 0 radical (unpaired) electrons. The lowest BCUT2D eigenvalue weighted by atomic mass is 10.0. The van der Waals surface area contributed by atoms with E-state index in [1.54, 1.807) is 0 Å². The first-order chi connectivity index (χ1) is 9.65. The molecule has 3 nitrogen and oxygen atoms in total. The monoisotopic (exact) mass is 275 g/mol. The van der Waals surface area contributed by atoms with Crippen molar-refractivity contribution >= 4 is 0 Å². The van der Waals surface area contributed by atoms with Crippen molar-refractivity contribution in [3.8, 4) is 0 Å². The molecule has 0 amide bonds. The maximum atomic E-state index is 6.05. The zero-order chi connectivity index (χ0) is 14.5. The normalized spacial score (nSPS) is 19.4. The molecule has 2 rings (SSSR count). The van der Waals surface area contributed by atoms with Gasteiger partial charge in [0.05, 0.1) is 0 Å². The molecule has 1 aromatic rings. The lowest BCUT2D eigenvalue weighted by Crippen LogP contribution is -2.50. The number of rotatable bonds is 5. The molecule has 1 aliphatic rings. The van der Waals surface area contributed by atoms with E-state index in [1.807, 2.05) is 0 Å². The van der Waals surface area contributed by atoms with Crippen LogP contribution in [0.5, 0.6) is 0 Å². The van der Waals surface area contributed by atoms with Crippen LogP contribution < -0.4 is 5.73 Å². The molecular formula is C17H29N3. The summed E-state index contributed by atoms with van der Waals surface area (Å²) in [5.74, 6) is 0. The van der Waals surface area contributed by atoms with Crippen LogP contribution in [0.2, 0.25) is 0 Å². The molecule has 1 saturated heterocycles.